The highest BCUT2D eigenvalue weighted by atomic mass is 15.3. The second-order valence-corrected chi connectivity index (χ2v) is 6.69. The minimum Gasteiger partial charge on any atom is -0.382 e. The van der Waals surface area contributed by atoms with E-state index in [-0.39, 0.29) is 0 Å². The van der Waals surface area contributed by atoms with Crippen molar-refractivity contribution in [3.63, 3.8) is 0 Å². The summed E-state index contributed by atoms with van der Waals surface area (Å²) in [4.78, 5) is 5.03. The zero-order valence-corrected chi connectivity index (χ0v) is 13.2. The van der Waals surface area contributed by atoms with Gasteiger partial charge in [0.1, 0.15) is 0 Å². The Morgan fingerprint density at radius 3 is 2.50 bits per heavy atom. The Labute approximate surface area is 123 Å². The molecule has 1 aromatic carbocycles. The highest BCUT2D eigenvalue weighted by molar-refractivity contribution is 5.62. The van der Waals surface area contributed by atoms with Gasteiger partial charge in [0.15, 0.2) is 0 Å². The number of rotatable bonds is 1. The molecule has 0 radical (unpaired) electrons. The number of anilines is 2. The van der Waals surface area contributed by atoms with Crippen molar-refractivity contribution in [2.45, 2.75) is 51.7 Å². The maximum atomic E-state index is 3.59. The van der Waals surface area contributed by atoms with Crippen LogP contribution < -0.4 is 10.2 Å². The topological polar surface area (TPSA) is 18.5 Å². The van der Waals surface area contributed by atoms with Crippen LogP contribution in [0.25, 0.3) is 0 Å². The Morgan fingerprint density at radius 2 is 1.80 bits per heavy atom. The standard InChI is InChI=1S/C17H27N3/c1-12-5-6-15-9-16(7-8-17(15)18-12)20-10-13(2)19(4)14(3)11-20/h7-9,12-14,18H,5-6,10-11H2,1-4H3. The van der Waals surface area contributed by atoms with Crippen molar-refractivity contribution in [3.8, 4) is 0 Å². The molecule has 1 saturated heterocycles. The predicted molar refractivity (Wildman–Crippen MR) is 86.7 cm³/mol. The first-order valence-electron chi connectivity index (χ1n) is 7.91. The third-order valence-electron chi connectivity index (χ3n) is 5.06. The number of likely N-dealkylation sites (N-methyl/N-ethyl adjacent to an activating group) is 1. The number of piperazine rings is 1. The van der Waals surface area contributed by atoms with Crippen molar-refractivity contribution in [1.82, 2.24) is 4.90 Å². The molecule has 3 heteroatoms. The molecule has 20 heavy (non-hydrogen) atoms. The van der Waals surface area contributed by atoms with Gasteiger partial charge in [0, 0.05) is 42.6 Å². The molecule has 3 atom stereocenters. The van der Waals surface area contributed by atoms with Gasteiger partial charge in [-0.15, -0.1) is 0 Å². The van der Waals surface area contributed by atoms with Crippen LogP contribution in [0.4, 0.5) is 11.4 Å². The van der Waals surface area contributed by atoms with Crippen LogP contribution in [-0.4, -0.2) is 43.2 Å². The number of nitrogens with zero attached hydrogens (tertiary/aromatic N) is 2. The first kappa shape index (κ1) is 13.7. The third-order valence-corrected chi connectivity index (χ3v) is 5.06. The summed E-state index contributed by atoms with van der Waals surface area (Å²) in [6, 6.07) is 8.81. The Morgan fingerprint density at radius 1 is 1.10 bits per heavy atom. The molecular weight excluding hydrogens is 246 g/mol. The first-order chi connectivity index (χ1) is 9.54. The molecule has 1 N–H and O–H groups in total. The molecule has 0 bridgehead atoms. The Kier molecular flexibility index (Phi) is 3.63. The zero-order chi connectivity index (χ0) is 14.3. The van der Waals surface area contributed by atoms with Gasteiger partial charge in [-0.2, -0.15) is 0 Å². The van der Waals surface area contributed by atoms with Gasteiger partial charge in [-0.1, -0.05) is 0 Å². The van der Waals surface area contributed by atoms with Gasteiger partial charge in [-0.3, -0.25) is 4.90 Å². The summed E-state index contributed by atoms with van der Waals surface area (Å²) in [5.41, 5.74) is 4.22. The lowest BCUT2D eigenvalue weighted by molar-refractivity contribution is 0.170. The Bertz CT molecular complexity index is 473. The quantitative estimate of drug-likeness (QED) is 0.848. The van der Waals surface area contributed by atoms with Gasteiger partial charge in [-0.05, 0) is 64.4 Å². The summed E-state index contributed by atoms with van der Waals surface area (Å²) in [6.45, 7) is 9.17. The number of fused-ring (bicyclic) bond motifs is 1. The molecule has 0 saturated carbocycles. The van der Waals surface area contributed by atoms with Crippen molar-refractivity contribution in [2.24, 2.45) is 0 Å². The molecule has 110 valence electrons. The fourth-order valence-corrected chi connectivity index (χ4v) is 3.45. The van der Waals surface area contributed by atoms with Crippen molar-refractivity contribution >= 4 is 11.4 Å². The normalized spacial score (nSPS) is 30.8. The maximum Gasteiger partial charge on any atom is 0.0376 e. The fraction of sp³-hybridized carbons (Fsp3) is 0.647. The van der Waals surface area contributed by atoms with E-state index in [0.717, 1.165) is 13.1 Å². The third kappa shape index (κ3) is 2.51. The predicted octanol–water partition coefficient (Wildman–Crippen LogP) is 2.96. The average molecular weight is 273 g/mol. The smallest absolute Gasteiger partial charge is 0.0376 e. The van der Waals surface area contributed by atoms with Crippen LogP contribution in [0, 0.1) is 0 Å². The van der Waals surface area contributed by atoms with E-state index < -0.39 is 0 Å². The molecule has 2 aliphatic heterocycles. The SMILES string of the molecule is CC1CCc2cc(N3CC(C)N(C)C(C)C3)ccc2N1. The maximum absolute atomic E-state index is 3.59. The van der Waals surface area contributed by atoms with Gasteiger partial charge in [0.2, 0.25) is 0 Å². The van der Waals surface area contributed by atoms with Gasteiger partial charge in [-0.25, -0.2) is 0 Å². The van der Waals surface area contributed by atoms with Crippen LogP contribution in [0.2, 0.25) is 0 Å². The van der Waals surface area contributed by atoms with E-state index in [9.17, 15) is 0 Å². The van der Waals surface area contributed by atoms with Crippen LogP contribution in [0.5, 0.6) is 0 Å². The molecule has 3 nitrogen and oxygen atoms in total. The second-order valence-electron chi connectivity index (χ2n) is 6.69. The van der Waals surface area contributed by atoms with Crippen LogP contribution in [0.3, 0.4) is 0 Å². The summed E-state index contributed by atoms with van der Waals surface area (Å²) >= 11 is 0. The number of hydrogen-bond donors (Lipinski definition) is 1. The van der Waals surface area contributed by atoms with Crippen LogP contribution in [0.15, 0.2) is 18.2 Å². The number of hydrogen-bond acceptors (Lipinski definition) is 3. The van der Waals surface area contributed by atoms with Gasteiger partial charge in [0.05, 0.1) is 0 Å². The fourth-order valence-electron chi connectivity index (χ4n) is 3.45. The number of benzene rings is 1. The van der Waals surface area contributed by atoms with E-state index in [1.54, 1.807) is 0 Å². The van der Waals surface area contributed by atoms with E-state index in [1.807, 2.05) is 0 Å². The van der Waals surface area contributed by atoms with E-state index in [1.165, 1.54) is 29.8 Å². The van der Waals surface area contributed by atoms with Crippen molar-refractivity contribution in [3.05, 3.63) is 23.8 Å². The van der Waals surface area contributed by atoms with Crippen LogP contribution in [-0.2, 0) is 6.42 Å². The van der Waals surface area contributed by atoms with E-state index >= 15 is 0 Å². The minimum atomic E-state index is 0.608. The lowest BCUT2D eigenvalue weighted by Gasteiger charge is -2.43. The number of nitrogens with one attached hydrogen (secondary N) is 1. The highest BCUT2D eigenvalue weighted by Gasteiger charge is 2.27. The molecule has 0 aromatic heterocycles. The Balaban J connectivity index is 1.81. The van der Waals surface area contributed by atoms with Crippen LogP contribution in [0.1, 0.15) is 32.8 Å². The molecule has 1 aromatic rings. The summed E-state index contributed by atoms with van der Waals surface area (Å²) in [7, 11) is 2.24. The van der Waals surface area contributed by atoms with E-state index in [0.29, 0.717) is 18.1 Å². The summed E-state index contributed by atoms with van der Waals surface area (Å²) in [6.07, 6.45) is 2.45. The van der Waals surface area contributed by atoms with Gasteiger partial charge < -0.3 is 10.2 Å². The molecule has 3 unspecified atom stereocenters. The summed E-state index contributed by atoms with van der Waals surface area (Å²) < 4.78 is 0. The van der Waals surface area contributed by atoms with Crippen LogP contribution >= 0.6 is 0 Å². The first-order valence-corrected chi connectivity index (χ1v) is 7.91. The Hall–Kier alpha value is -1.22. The summed E-state index contributed by atoms with van der Waals surface area (Å²) in [5, 5.41) is 3.59. The lowest BCUT2D eigenvalue weighted by atomic mass is 9.98. The van der Waals surface area contributed by atoms with Crippen molar-refractivity contribution in [1.29, 1.82) is 0 Å². The average Bonchev–Trinajstić information content (AvgIpc) is 2.43. The molecule has 0 amide bonds. The van der Waals surface area contributed by atoms with Gasteiger partial charge in [0.25, 0.3) is 0 Å². The van der Waals surface area contributed by atoms with Crippen molar-refractivity contribution in [2.75, 3.05) is 30.4 Å². The molecule has 3 rings (SSSR count). The molecular formula is C17H27N3. The zero-order valence-electron chi connectivity index (χ0n) is 13.2. The summed E-state index contributed by atoms with van der Waals surface area (Å²) in [5.74, 6) is 0. The van der Waals surface area contributed by atoms with E-state index in [2.05, 4.69) is 61.1 Å². The molecule has 2 aliphatic rings. The number of aryl methyl sites for hydroxylation is 1. The molecule has 0 aliphatic carbocycles. The lowest BCUT2D eigenvalue weighted by Crippen LogP contribution is -2.55. The van der Waals surface area contributed by atoms with Gasteiger partial charge >= 0.3 is 0 Å². The molecule has 0 spiro atoms. The van der Waals surface area contributed by atoms with E-state index in [4.69, 9.17) is 0 Å². The van der Waals surface area contributed by atoms with Crippen molar-refractivity contribution < 1.29 is 0 Å². The molecule has 1 fully saturated rings. The molecule has 2 heterocycles. The second kappa shape index (κ2) is 5.28. The largest absolute Gasteiger partial charge is 0.382 e. The minimum absolute atomic E-state index is 0.608. The highest BCUT2D eigenvalue weighted by Crippen LogP contribution is 2.30. The monoisotopic (exact) mass is 273 g/mol.